The third kappa shape index (κ3) is 4.83. The van der Waals surface area contributed by atoms with Gasteiger partial charge in [-0.15, -0.1) is 0 Å². The van der Waals surface area contributed by atoms with Gasteiger partial charge in [0, 0.05) is 6.10 Å². The fraction of sp³-hybridized carbons (Fsp3) is 0.857. The van der Waals surface area contributed by atoms with E-state index in [4.69, 9.17) is 4.43 Å². The molecule has 0 rings (SSSR count). The van der Waals surface area contributed by atoms with Crippen LogP contribution in [0.5, 0.6) is 0 Å². The molecule has 0 bridgehead atoms. The predicted octanol–water partition coefficient (Wildman–Crippen LogP) is 5.00. The maximum Gasteiger partial charge on any atom is 0.192 e. The Bertz CT molecular complexity index is 225. The quantitative estimate of drug-likeness (QED) is 0.487. The molecular formula is C14H30OSi. The molecule has 0 saturated heterocycles. The summed E-state index contributed by atoms with van der Waals surface area (Å²) in [7, 11) is -1.59. The van der Waals surface area contributed by atoms with Gasteiger partial charge in [0.1, 0.15) is 0 Å². The summed E-state index contributed by atoms with van der Waals surface area (Å²) in [5.74, 6) is 0.602. The minimum Gasteiger partial charge on any atom is -0.414 e. The van der Waals surface area contributed by atoms with E-state index in [1.807, 2.05) is 0 Å². The van der Waals surface area contributed by atoms with Crippen LogP contribution in [0.15, 0.2) is 12.2 Å². The van der Waals surface area contributed by atoms with Crippen molar-refractivity contribution in [1.29, 1.82) is 0 Å². The first-order valence-corrected chi connectivity index (χ1v) is 9.31. The third-order valence-corrected chi connectivity index (χ3v) is 8.41. The highest BCUT2D eigenvalue weighted by atomic mass is 28.4. The number of hydrogen-bond acceptors (Lipinski definition) is 1. The van der Waals surface area contributed by atoms with Crippen molar-refractivity contribution in [3.05, 3.63) is 12.2 Å². The van der Waals surface area contributed by atoms with Gasteiger partial charge in [-0.1, -0.05) is 39.8 Å². The average molecular weight is 242 g/mol. The van der Waals surface area contributed by atoms with Crippen LogP contribution in [-0.2, 0) is 4.43 Å². The molecular weight excluding hydrogens is 212 g/mol. The Hall–Kier alpha value is -0.0831. The second-order valence-electron chi connectivity index (χ2n) is 6.37. The van der Waals surface area contributed by atoms with E-state index >= 15 is 0 Å². The standard InChI is InChI=1S/C14H30OSi/c1-9-10-11-12(2)13(3)15-16(7,8)14(4,5)6/h9-10,12-13H,11H2,1-8H3/b10-9+/t12-,13-/m1/s1. The molecule has 0 spiro atoms. The first kappa shape index (κ1) is 15.9. The Labute approximate surface area is 103 Å². The van der Waals surface area contributed by atoms with Crippen molar-refractivity contribution in [2.75, 3.05) is 0 Å². The predicted molar refractivity (Wildman–Crippen MR) is 76.3 cm³/mol. The molecule has 0 aliphatic carbocycles. The average Bonchev–Trinajstić information content (AvgIpc) is 2.11. The summed E-state index contributed by atoms with van der Waals surface area (Å²) in [6.07, 6.45) is 5.83. The van der Waals surface area contributed by atoms with Crippen LogP contribution in [0.2, 0.25) is 18.1 Å². The largest absolute Gasteiger partial charge is 0.414 e. The molecule has 0 fully saturated rings. The number of hydrogen-bond donors (Lipinski definition) is 0. The van der Waals surface area contributed by atoms with Gasteiger partial charge in [-0.05, 0) is 44.3 Å². The molecule has 0 radical (unpaired) electrons. The molecule has 96 valence electrons. The first-order chi connectivity index (χ1) is 7.12. The van der Waals surface area contributed by atoms with Crippen LogP contribution in [0.3, 0.4) is 0 Å². The van der Waals surface area contributed by atoms with Crippen LogP contribution in [0, 0.1) is 5.92 Å². The van der Waals surface area contributed by atoms with Crippen LogP contribution in [0.25, 0.3) is 0 Å². The molecule has 1 nitrogen and oxygen atoms in total. The topological polar surface area (TPSA) is 9.23 Å². The summed E-state index contributed by atoms with van der Waals surface area (Å²) < 4.78 is 6.37. The minimum absolute atomic E-state index is 0.307. The molecule has 0 amide bonds. The van der Waals surface area contributed by atoms with Gasteiger partial charge in [0.05, 0.1) is 0 Å². The molecule has 0 saturated carbocycles. The fourth-order valence-electron chi connectivity index (χ4n) is 1.30. The van der Waals surface area contributed by atoms with Crippen LogP contribution < -0.4 is 0 Å². The van der Waals surface area contributed by atoms with Gasteiger partial charge >= 0.3 is 0 Å². The van der Waals surface area contributed by atoms with Gasteiger partial charge in [0.25, 0.3) is 0 Å². The second-order valence-corrected chi connectivity index (χ2v) is 11.1. The van der Waals surface area contributed by atoms with Gasteiger partial charge in [-0.25, -0.2) is 0 Å². The molecule has 2 heteroatoms. The van der Waals surface area contributed by atoms with Gasteiger partial charge in [-0.2, -0.15) is 0 Å². The molecule has 16 heavy (non-hydrogen) atoms. The molecule has 0 N–H and O–H groups in total. The molecule has 0 heterocycles. The van der Waals surface area contributed by atoms with Gasteiger partial charge in [-0.3, -0.25) is 0 Å². The van der Waals surface area contributed by atoms with E-state index in [9.17, 15) is 0 Å². The first-order valence-electron chi connectivity index (χ1n) is 6.41. The number of rotatable bonds is 5. The summed E-state index contributed by atoms with van der Waals surface area (Å²) in [4.78, 5) is 0. The van der Waals surface area contributed by atoms with Crippen molar-refractivity contribution in [2.45, 2.75) is 72.2 Å². The Kier molecular flexibility index (Phi) is 5.98. The molecule has 0 aromatic heterocycles. The normalized spacial score (nSPS) is 17.8. The summed E-state index contributed by atoms with van der Waals surface area (Å²) in [6.45, 7) is 18.1. The van der Waals surface area contributed by atoms with Crippen LogP contribution >= 0.6 is 0 Å². The molecule has 0 unspecified atom stereocenters. The van der Waals surface area contributed by atoms with Crippen LogP contribution in [0.1, 0.15) is 48.0 Å². The highest BCUT2D eigenvalue weighted by Gasteiger charge is 2.38. The Balaban J connectivity index is 4.38. The Morgan fingerprint density at radius 2 is 1.69 bits per heavy atom. The van der Waals surface area contributed by atoms with Crippen molar-refractivity contribution in [1.82, 2.24) is 0 Å². The molecule has 0 aliphatic heterocycles. The SMILES string of the molecule is C/C=C/C[C@@H](C)[C@@H](C)O[Si](C)(C)C(C)(C)C. The van der Waals surface area contributed by atoms with Crippen molar-refractivity contribution in [3.8, 4) is 0 Å². The second kappa shape index (κ2) is 6.01. The molecule has 2 atom stereocenters. The summed E-state index contributed by atoms with van der Waals surface area (Å²) in [5, 5.41) is 0.307. The van der Waals surface area contributed by atoms with E-state index in [2.05, 4.69) is 66.8 Å². The van der Waals surface area contributed by atoms with E-state index in [-0.39, 0.29) is 0 Å². The fourth-order valence-corrected chi connectivity index (χ4v) is 2.82. The molecule has 0 aliphatic rings. The summed E-state index contributed by atoms with van der Waals surface area (Å²) >= 11 is 0. The van der Waals surface area contributed by atoms with E-state index in [0.717, 1.165) is 6.42 Å². The lowest BCUT2D eigenvalue weighted by Gasteiger charge is -2.39. The van der Waals surface area contributed by atoms with E-state index in [1.54, 1.807) is 0 Å². The molecule has 0 aromatic rings. The van der Waals surface area contributed by atoms with E-state index in [0.29, 0.717) is 17.1 Å². The summed E-state index contributed by atoms with van der Waals surface area (Å²) in [6, 6.07) is 0. The van der Waals surface area contributed by atoms with Crippen molar-refractivity contribution in [3.63, 3.8) is 0 Å². The van der Waals surface area contributed by atoms with Crippen molar-refractivity contribution < 1.29 is 4.43 Å². The van der Waals surface area contributed by atoms with Gasteiger partial charge in [0.2, 0.25) is 0 Å². The monoisotopic (exact) mass is 242 g/mol. The van der Waals surface area contributed by atoms with Crippen LogP contribution in [-0.4, -0.2) is 14.4 Å². The van der Waals surface area contributed by atoms with Crippen LogP contribution in [0.4, 0.5) is 0 Å². The van der Waals surface area contributed by atoms with Gasteiger partial charge in [0.15, 0.2) is 8.32 Å². The van der Waals surface area contributed by atoms with Crippen molar-refractivity contribution >= 4 is 8.32 Å². The van der Waals surface area contributed by atoms with Crippen molar-refractivity contribution in [2.24, 2.45) is 5.92 Å². The Morgan fingerprint density at radius 1 is 1.19 bits per heavy atom. The Morgan fingerprint density at radius 3 is 2.06 bits per heavy atom. The highest BCUT2D eigenvalue weighted by Crippen LogP contribution is 2.38. The van der Waals surface area contributed by atoms with E-state index < -0.39 is 8.32 Å². The summed E-state index contributed by atoms with van der Waals surface area (Å²) in [5.41, 5.74) is 0. The minimum atomic E-state index is -1.59. The maximum atomic E-state index is 6.37. The molecule has 0 aromatic carbocycles. The van der Waals surface area contributed by atoms with E-state index in [1.165, 1.54) is 0 Å². The lowest BCUT2D eigenvalue weighted by Crippen LogP contribution is -2.44. The lowest BCUT2D eigenvalue weighted by molar-refractivity contribution is 0.144. The number of allylic oxidation sites excluding steroid dienone is 2. The van der Waals surface area contributed by atoms with Gasteiger partial charge < -0.3 is 4.43 Å². The smallest absolute Gasteiger partial charge is 0.192 e. The third-order valence-electron chi connectivity index (χ3n) is 3.83. The highest BCUT2D eigenvalue weighted by molar-refractivity contribution is 6.74. The zero-order valence-electron chi connectivity index (χ0n) is 12.4. The maximum absolute atomic E-state index is 6.37. The lowest BCUT2D eigenvalue weighted by atomic mass is 10.0. The zero-order valence-corrected chi connectivity index (χ0v) is 13.4. The zero-order chi connectivity index (χ0) is 13.0.